The third-order valence-electron chi connectivity index (χ3n) is 2.97. The van der Waals surface area contributed by atoms with Gasteiger partial charge >= 0.3 is 0 Å². The van der Waals surface area contributed by atoms with E-state index < -0.39 is 0 Å². The summed E-state index contributed by atoms with van der Waals surface area (Å²) in [5.74, 6) is 0.582. The molecule has 3 N–H and O–H groups in total. The Hall–Kier alpha value is -1.89. The summed E-state index contributed by atoms with van der Waals surface area (Å²) in [6.07, 6.45) is 3.83. The molecule has 0 bridgehead atoms. The summed E-state index contributed by atoms with van der Waals surface area (Å²) < 4.78 is 1.54. The minimum Gasteiger partial charge on any atom is -0.349 e. The van der Waals surface area contributed by atoms with E-state index in [4.69, 9.17) is 0 Å². The first-order valence-electron chi connectivity index (χ1n) is 5.74. The van der Waals surface area contributed by atoms with Gasteiger partial charge in [0.1, 0.15) is 5.52 Å². The van der Waals surface area contributed by atoms with E-state index in [1.807, 2.05) is 0 Å². The van der Waals surface area contributed by atoms with Gasteiger partial charge in [0.15, 0.2) is 0 Å². The highest BCUT2D eigenvalue weighted by Crippen LogP contribution is 2.09. The van der Waals surface area contributed by atoms with Crippen molar-refractivity contribution in [3.8, 4) is 0 Å². The van der Waals surface area contributed by atoms with Crippen molar-refractivity contribution in [2.24, 2.45) is 0 Å². The molecule has 3 rings (SSSR count). The molecule has 0 saturated carbocycles. The quantitative estimate of drug-likeness (QED) is 0.657. The van der Waals surface area contributed by atoms with E-state index in [2.05, 4.69) is 25.9 Å². The van der Waals surface area contributed by atoms with Gasteiger partial charge in [-0.1, -0.05) is 0 Å². The van der Waals surface area contributed by atoms with E-state index in [-0.39, 0.29) is 5.56 Å². The molecule has 17 heavy (non-hydrogen) atoms. The molecule has 1 atom stereocenters. The average Bonchev–Trinajstić information content (AvgIpc) is 2.84. The van der Waals surface area contributed by atoms with Gasteiger partial charge in [-0.25, -0.2) is 5.10 Å². The standard InChI is InChI=1S/C10H14N6O/c17-9-8-3-5-12-16(8)10(15-14-9)13-7-2-1-4-11-6-7/h3,5,7,11H,1-2,4,6H2,(H,13,15)(H,14,17)/t7-/m1/s1. The molecule has 2 aromatic rings. The van der Waals surface area contributed by atoms with Gasteiger partial charge in [0, 0.05) is 12.6 Å². The minimum atomic E-state index is -0.227. The van der Waals surface area contributed by atoms with Gasteiger partial charge in [-0.05, 0) is 25.5 Å². The van der Waals surface area contributed by atoms with Crippen molar-refractivity contribution in [2.45, 2.75) is 18.9 Å². The zero-order chi connectivity index (χ0) is 11.7. The van der Waals surface area contributed by atoms with E-state index in [0.717, 1.165) is 25.9 Å². The first-order chi connectivity index (χ1) is 8.34. The lowest BCUT2D eigenvalue weighted by atomic mass is 10.1. The van der Waals surface area contributed by atoms with Gasteiger partial charge in [0.25, 0.3) is 5.56 Å². The van der Waals surface area contributed by atoms with Crippen LogP contribution in [0.1, 0.15) is 12.8 Å². The Morgan fingerprint density at radius 3 is 3.29 bits per heavy atom. The molecule has 0 radical (unpaired) electrons. The molecular weight excluding hydrogens is 220 g/mol. The minimum absolute atomic E-state index is 0.227. The van der Waals surface area contributed by atoms with E-state index in [9.17, 15) is 4.79 Å². The normalized spacial score (nSPS) is 20.6. The molecule has 1 aliphatic rings. The lowest BCUT2D eigenvalue weighted by Crippen LogP contribution is -2.39. The van der Waals surface area contributed by atoms with Crippen LogP contribution in [0.3, 0.4) is 0 Å². The Morgan fingerprint density at radius 2 is 2.47 bits per heavy atom. The van der Waals surface area contributed by atoms with Crippen LogP contribution in [-0.2, 0) is 0 Å². The van der Waals surface area contributed by atoms with Gasteiger partial charge in [0.05, 0.1) is 6.20 Å². The number of fused-ring (bicyclic) bond motifs is 1. The monoisotopic (exact) mass is 234 g/mol. The highest BCUT2D eigenvalue weighted by atomic mass is 16.1. The molecule has 1 aliphatic heterocycles. The third-order valence-corrected chi connectivity index (χ3v) is 2.97. The summed E-state index contributed by atoms with van der Waals surface area (Å²) in [5.41, 5.74) is 0.279. The number of nitrogens with one attached hydrogen (secondary N) is 3. The predicted molar refractivity (Wildman–Crippen MR) is 63.1 cm³/mol. The fourth-order valence-electron chi connectivity index (χ4n) is 2.10. The van der Waals surface area contributed by atoms with Gasteiger partial charge in [-0.3, -0.25) is 4.79 Å². The van der Waals surface area contributed by atoms with E-state index in [1.165, 1.54) is 4.52 Å². The van der Waals surface area contributed by atoms with Crippen LogP contribution in [-0.4, -0.2) is 38.9 Å². The number of aromatic nitrogens is 4. The van der Waals surface area contributed by atoms with Crippen molar-refractivity contribution in [1.29, 1.82) is 0 Å². The Balaban J connectivity index is 1.92. The van der Waals surface area contributed by atoms with Crippen LogP contribution < -0.4 is 16.2 Å². The highest BCUT2D eigenvalue weighted by Gasteiger charge is 2.15. The number of nitrogens with zero attached hydrogens (tertiary/aromatic N) is 3. The molecular formula is C10H14N6O. The average molecular weight is 234 g/mol. The van der Waals surface area contributed by atoms with Crippen LogP contribution in [0, 0.1) is 0 Å². The summed E-state index contributed by atoms with van der Waals surface area (Å²) in [7, 11) is 0. The number of piperidine rings is 1. The summed E-state index contributed by atoms with van der Waals surface area (Å²) in [6.45, 7) is 1.97. The molecule has 7 nitrogen and oxygen atoms in total. The molecule has 0 amide bonds. The van der Waals surface area contributed by atoms with Crippen LogP contribution in [0.5, 0.6) is 0 Å². The molecule has 3 heterocycles. The molecule has 1 saturated heterocycles. The van der Waals surface area contributed by atoms with Crippen molar-refractivity contribution >= 4 is 11.5 Å². The van der Waals surface area contributed by atoms with Crippen molar-refractivity contribution in [3.05, 3.63) is 22.6 Å². The number of rotatable bonds is 2. The molecule has 2 aromatic heterocycles. The second-order valence-corrected chi connectivity index (χ2v) is 4.19. The largest absolute Gasteiger partial charge is 0.349 e. The van der Waals surface area contributed by atoms with E-state index in [0.29, 0.717) is 17.5 Å². The highest BCUT2D eigenvalue weighted by molar-refractivity contribution is 5.47. The lowest BCUT2D eigenvalue weighted by Gasteiger charge is -2.23. The summed E-state index contributed by atoms with van der Waals surface area (Å²) in [6, 6.07) is 2.00. The van der Waals surface area contributed by atoms with E-state index >= 15 is 0 Å². The number of hydrogen-bond donors (Lipinski definition) is 3. The first kappa shape index (κ1) is 10.3. The zero-order valence-electron chi connectivity index (χ0n) is 9.31. The molecule has 7 heteroatoms. The van der Waals surface area contributed by atoms with Crippen molar-refractivity contribution in [1.82, 2.24) is 25.1 Å². The molecule has 90 valence electrons. The second kappa shape index (κ2) is 4.17. The van der Waals surface area contributed by atoms with Gasteiger partial charge < -0.3 is 10.6 Å². The number of aromatic amines is 1. The molecule has 0 aromatic carbocycles. The predicted octanol–water partition coefficient (Wildman–Crippen LogP) is -0.419. The Bertz CT molecular complexity index is 567. The van der Waals surface area contributed by atoms with Crippen LogP contribution >= 0.6 is 0 Å². The van der Waals surface area contributed by atoms with E-state index in [1.54, 1.807) is 12.3 Å². The Morgan fingerprint density at radius 1 is 1.53 bits per heavy atom. The molecule has 0 unspecified atom stereocenters. The third kappa shape index (κ3) is 1.89. The van der Waals surface area contributed by atoms with Gasteiger partial charge in [0.2, 0.25) is 5.95 Å². The number of H-pyrrole nitrogens is 1. The van der Waals surface area contributed by atoms with Crippen LogP contribution in [0.2, 0.25) is 0 Å². The molecule has 0 spiro atoms. The van der Waals surface area contributed by atoms with Gasteiger partial charge in [-0.15, -0.1) is 5.10 Å². The fourth-order valence-corrected chi connectivity index (χ4v) is 2.10. The van der Waals surface area contributed by atoms with Crippen LogP contribution in [0.15, 0.2) is 17.1 Å². The summed E-state index contributed by atoms with van der Waals surface area (Å²) >= 11 is 0. The first-order valence-corrected chi connectivity index (χ1v) is 5.74. The van der Waals surface area contributed by atoms with Crippen LogP contribution in [0.25, 0.3) is 5.52 Å². The fraction of sp³-hybridized carbons (Fsp3) is 0.500. The van der Waals surface area contributed by atoms with Gasteiger partial charge in [-0.2, -0.15) is 9.61 Å². The van der Waals surface area contributed by atoms with Crippen molar-refractivity contribution in [3.63, 3.8) is 0 Å². The molecule has 0 aliphatic carbocycles. The van der Waals surface area contributed by atoms with Crippen molar-refractivity contribution < 1.29 is 0 Å². The number of hydrogen-bond acceptors (Lipinski definition) is 5. The Kier molecular flexibility index (Phi) is 2.52. The second-order valence-electron chi connectivity index (χ2n) is 4.19. The Labute approximate surface area is 97.2 Å². The van der Waals surface area contributed by atoms with Crippen LogP contribution in [0.4, 0.5) is 5.95 Å². The summed E-state index contributed by atoms with van der Waals surface area (Å²) in [4.78, 5) is 11.5. The van der Waals surface area contributed by atoms with Crippen molar-refractivity contribution in [2.75, 3.05) is 18.4 Å². The number of anilines is 1. The summed E-state index contributed by atoms with van der Waals surface area (Å²) in [5, 5.41) is 17.2. The molecule has 1 fully saturated rings. The lowest BCUT2D eigenvalue weighted by molar-refractivity contribution is 0.476. The maximum Gasteiger partial charge on any atom is 0.290 e. The maximum atomic E-state index is 11.5. The maximum absolute atomic E-state index is 11.5. The smallest absolute Gasteiger partial charge is 0.290 e. The zero-order valence-corrected chi connectivity index (χ0v) is 9.31. The SMILES string of the molecule is O=c1[nH]nc(N[C@@H]2CCCNC2)n2nccc12. The topological polar surface area (TPSA) is 87.1 Å².